The lowest BCUT2D eigenvalue weighted by molar-refractivity contribution is -0.127. The summed E-state index contributed by atoms with van der Waals surface area (Å²) < 4.78 is 0. The van der Waals surface area contributed by atoms with Crippen molar-refractivity contribution in [3.05, 3.63) is 17.5 Å². The predicted octanol–water partition coefficient (Wildman–Crippen LogP) is 1.20. The minimum absolute atomic E-state index is 0.00650. The average Bonchev–Trinajstić information content (AvgIpc) is 2.46. The van der Waals surface area contributed by atoms with Gasteiger partial charge in [-0.15, -0.1) is 0 Å². The summed E-state index contributed by atoms with van der Waals surface area (Å²) in [4.78, 5) is 23.4. The molecule has 0 aromatic carbocycles. The van der Waals surface area contributed by atoms with E-state index in [0.29, 0.717) is 0 Å². The highest BCUT2D eigenvalue weighted by Crippen LogP contribution is 2.22. The second kappa shape index (κ2) is 6.60. The zero-order valence-electron chi connectivity index (χ0n) is 13.9. The van der Waals surface area contributed by atoms with Crippen LogP contribution in [-0.4, -0.2) is 46.2 Å². The summed E-state index contributed by atoms with van der Waals surface area (Å²) >= 11 is 0. The summed E-state index contributed by atoms with van der Waals surface area (Å²) in [7, 11) is 0. The number of aliphatic hydroxyl groups is 1. The van der Waals surface area contributed by atoms with Crippen molar-refractivity contribution in [1.82, 2.24) is 15.3 Å². The molecular weight excluding hydrogens is 280 g/mol. The molecule has 1 aliphatic rings. The molecule has 0 radical (unpaired) electrons. The second-order valence-corrected chi connectivity index (χ2v) is 6.74. The number of carbonyl (C=O) groups excluding carboxylic acids is 1. The van der Waals surface area contributed by atoms with Gasteiger partial charge in [0.05, 0.1) is 12.1 Å². The molecule has 2 heterocycles. The number of rotatable bonds is 4. The highest BCUT2D eigenvalue weighted by atomic mass is 16.3. The van der Waals surface area contributed by atoms with Crippen LogP contribution in [0.1, 0.15) is 38.1 Å². The van der Waals surface area contributed by atoms with E-state index in [9.17, 15) is 9.90 Å². The highest BCUT2D eigenvalue weighted by molar-refractivity contribution is 5.79. The van der Waals surface area contributed by atoms with Crippen molar-refractivity contribution in [3.8, 4) is 0 Å². The van der Waals surface area contributed by atoms with Gasteiger partial charge in [0.15, 0.2) is 0 Å². The third kappa shape index (κ3) is 4.16. The Balaban J connectivity index is 1.94. The van der Waals surface area contributed by atoms with Crippen LogP contribution in [0.25, 0.3) is 0 Å². The lowest BCUT2D eigenvalue weighted by atomic mass is 9.94. The standard InChI is InChI=1S/C16H26N4O2/c1-11-9-12(2)18-15(17-11)20-7-5-13(6-8-20)14(22)19-16(3,4)10-21/h9,13,21H,5-8,10H2,1-4H3,(H,19,22). The zero-order chi connectivity index (χ0) is 16.3. The van der Waals surface area contributed by atoms with Crippen molar-refractivity contribution in [3.63, 3.8) is 0 Å². The van der Waals surface area contributed by atoms with Gasteiger partial charge in [-0.25, -0.2) is 9.97 Å². The Morgan fingerprint density at radius 1 is 1.32 bits per heavy atom. The summed E-state index contributed by atoms with van der Waals surface area (Å²) in [6.45, 7) is 9.08. The van der Waals surface area contributed by atoms with Crippen molar-refractivity contribution in [2.45, 2.75) is 46.1 Å². The normalized spacial score (nSPS) is 16.7. The molecule has 1 fully saturated rings. The number of piperidine rings is 1. The molecule has 1 amide bonds. The van der Waals surface area contributed by atoms with Crippen LogP contribution in [0, 0.1) is 19.8 Å². The van der Waals surface area contributed by atoms with Gasteiger partial charge >= 0.3 is 0 Å². The van der Waals surface area contributed by atoms with Crippen molar-refractivity contribution >= 4 is 11.9 Å². The van der Waals surface area contributed by atoms with Crippen LogP contribution >= 0.6 is 0 Å². The van der Waals surface area contributed by atoms with E-state index in [4.69, 9.17) is 0 Å². The first kappa shape index (κ1) is 16.7. The van der Waals surface area contributed by atoms with E-state index >= 15 is 0 Å². The first-order valence-electron chi connectivity index (χ1n) is 7.81. The van der Waals surface area contributed by atoms with Crippen molar-refractivity contribution < 1.29 is 9.90 Å². The molecule has 1 saturated heterocycles. The Morgan fingerprint density at radius 2 is 1.86 bits per heavy atom. The van der Waals surface area contributed by atoms with E-state index < -0.39 is 5.54 Å². The van der Waals surface area contributed by atoms with E-state index in [1.807, 2.05) is 33.8 Å². The maximum absolute atomic E-state index is 12.3. The number of nitrogens with one attached hydrogen (secondary N) is 1. The van der Waals surface area contributed by atoms with Gasteiger partial charge in [-0.3, -0.25) is 4.79 Å². The van der Waals surface area contributed by atoms with Crippen molar-refractivity contribution in [1.29, 1.82) is 0 Å². The molecule has 122 valence electrons. The molecule has 6 nitrogen and oxygen atoms in total. The molecule has 1 aliphatic heterocycles. The molecular formula is C16H26N4O2. The third-order valence-corrected chi connectivity index (χ3v) is 3.98. The zero-order valence-corrected chi connectivity index (χ0v) is 13.9. The Labute approximate surface area is 132 Å². The Hall–Kier alpha value is -1.69. The molecule has 0 atom stereocenters. The SMILES string of the molecule is Cc1cc(C)nc(N2CCC(C(=O)NC(C)(C)CO)CC2)n1. The van der Waals surface area contributed by atoms with Crippen molar-refractivity contribution in [2.24, 2.45) is 5.92 Å². The maximum Gasteiger partial charge on any atom is 0.225 e. The molecule has 0 aliphatic carbocycles. The van der Waals surface area contributed by atoms with Gasteiger partial charge in [-0.2, -0.15) is 0 Å². The van der Waals surface area contributed by atoms with Gasteiger partial charge in [0, 0.05) is 30.4 Å². The van der Waals surface area contributed by atoms with Gasteiger partial charge in [0.25, 0.3) is 0 Å². The van der Waals surface area contributed by atoms with Gasteiger partial charge in [-0.05, 0) is 46.6 Å². The van der Waals surface area contributed by atoms with Crippen LogP contribution in [0.5, 0.6) is 0 Å². The Kier molecular flexibility index (Phi) is 5.01. The molecule has 0 saturated carbocycles. The topological polar surface area (TPSA) is 78.4 Å². The summed E-state index contributed by atoms with van der Waals surface area (Å²) in [5.74, 6) is 0.778. The number of hydrogen-bond acceptors (Lipinski definition) is 5. The van der Waals surface area contributed by atoms with Crippen molar-refractivity contribution in [2.75, 3.05) is 24.6 Å². The average molecular weight is 306 g/mol. The van der Waals surface area contributed by atoms with E-state index in [1.54, 1.807) is 0 Å². The molecule has 1 aromatic heterocycles. The second-order valence-electron chi connectivity index (χ2n) is 6.74. The summed E-state index contributed by atoms with van der Waals surface area (Å²) in [6.07, 6.45) is 1.56. The van der Waals surface area contributed by atoms with Gasteiger partial charge in [0.2, 0.25) is 11.9 Å². The molecule has 2 N–H and O–H groups in total. The van der Waals surface area contributed by atoms with Gasteiger partial charge in [0.1, 0.15) is 0 Å². The minimum atomic E-state index is -0.565. The summed E-state index contributed by atoms with van der Waals surface area (Å²) in [6, 6.07) is 1.96. The maximum atomic E-state index is 12.3. The summed E-state index contributed by atoms with van der Waals surface area (Å²) in [5, 5.41) is 12.2. The van der Waals surface area contributed by atoms with Gasteiger partial charge in [-0.1, -0.05) is 0 Å². The van der Waals surface area contributed by atoms with E-state index in [2.05, 4.69) is 20.2 Å². The fraction of sp³-hybridized carbons (Fsp3) is 0.688. The highest BCUT2D eigenvalue weighted by Gasteiger charge is 2.29. The molecule has 22 heavy (non-hydrogen) atoms. The quantitative estimate of drug-likeness (QED) is 0.874. The molecule has 1 aromatic rings. The number of hydrogen-bond donors (Lipinski definition) is 2. The van der Waals surface area contributed by atoms with Gasteiger partial charge < -0.3 is 15.3 Å². The monoisotopic (exact) mass is 306 g/mol. The Bertz CT molecular complexity index is 517. The molecule has 0 unspecified atom stereocenters. The molecule has 2 rings (SSSR count). The van der Waals surface area contributed by atoms with E-state index in [1.165, 1.54) is 0 Å². The smallest absolute Gasteiger partial charge is 0.225 e. The largest absolute Gasteiger partial charge is 0.394 e. The van der Waals surface area contributed by atoms with Crippen LogP contribution in [0.2, 0.25) is 0 Å². The van der Waals surface area contributed by atoms with Crippen LogP contribution in [0.4, 0.5) is 5.95 Å². The van der Waals surface area contributed by atoms with Crippen LogP contribution in [0.3, 0.4) is 0 Å². The van der Waals surface area contributed by atoms with Crippen LogP contribution < -0.4 is 10.2 Å². The number of anilines is 1. The fourth-order valence-electron chi connectivity index (χ4n) is 2.67. The predicted molar refractivity (Wildman–Crippen MR) is 85.8 cm³/mol. The molecule has 0 spiro atoms. The number of aromatic nitrogens is 2. The number of aryl methyl sites for hydroxylation is 2. The first-order chi connectivity index (χ1) is 10.3. The molecule has 0 bridgehead atoms. The van der Waals surface area contributed by atoms with E-state index in [-0.39, 0.29) is 18.4 Å². The number of nitrogens with zero attached hydrogens (tertiary/aromatic N) is 3. The lowest BCUT2D eigenvalue weighted by Crippen LogP contribution is -2.50. The molecule has 6 heteroatoms. The van der Waals surface area contributed by atoms with E-state index in [0.717, 1.165) is 43.3 Å². The Morgan fingerprint density at radius 3 is 2.36 bits per heavy atom. The number of carbonyl (C=O) groups is 1. The summed E-state index contributed by atoms with van der Waals surface area (Å²) in [5.41, 5.74) is 1.37. The van der Waals surface area contributed by atoms with Crippen LogP contribution in [-0.2, 0) is 4.79 Å². The third-order valence-electron chi connectivity index (χ3n) is 3.98. The number of aliphatic hydroxyl groups excluding tert-OH is 1. The minimum Gasteiger partial charge on any atom is -0.394 e. The first-order valence-corrected chi connectivity index (χ1v) is 7.81. The number of amides is 1. The lowest BCUT2D eigenvalue weighted by Gasteiger charge is -2.33. The fourth-order valence-corrected chi connectivity index (χ4v) is 2.67. The van der Waals surface area contributed by atoms with Crippen LogP contribution in [0.15, 0.2) is 6.07 Å².